The number of nitrogens with zero attached hydrogens (tertiary/aromatic N) is 1. The molecule has 0 saturated carbocycles. The second-order valence-corrected chi connectivity index (χ2v) is 5.07. The third kappa shape index (κ3) is 2.37. The summed E-state index contributed by atoms with van der Waals surface area (Å²) >= 11 is 0. The average molecular weight is 247 g/mol. The van der Waals surface area contributed by atoms with E-state index in [9.17, 15) is 0 Å². The molecule has 1 aliphatic rings. The smallest absolute Gasteiger partial charge is 0.0936 e. The maximum Gasteiger partial charge on any atom is 0.0936 e. The van der Waals surface area contributed by atoms with E-state index in [1.165, 1.54) is 27.8 Å². The number of rotatable bonds is 2. The second-order valence-electron chi connectivity index (χ2n) is 5.07. The van der Waals surface area contributed by atoms with E-state index in [2.05, 4.69) is 67.4 Å². The molecule has 0 bridgehead atoms. The maximum absolute atomic E-state index is 4.48. The predicted octanol–water partition coefficient (Wildman–Crippen LogP) is 4.65. The second kappa shape index (κ2) is 4.85. The molecule has 0 aromatic heterocycles. The molecule has 0 amide bonds. The van der Waals surface area contributed by atoms with Gasteiger partial charge in [-0.3, -0.25) is 4.99 Å². The van der Waals surface area contributed by atoms with Crippen LogP contribution in [-0.2, 0) is 0 Å². The first-order valence-electron chi connectivity index (χ1n) is 6.61. The van der Waals surface area contributed by atoms with Crippen LogP contribution < -0.4 is 0 Å². The lowest BCUT2D eigenvalue weighted by atomic mass is 9.95. The average Bonchev–Trinajstić information content (AvgIpc) is 2.93. The molecule has 2 aromatic rings. The van der Waals surface area contributed by atoms with Crippen molar-refractivity contribution < 1.29 is 0 Å². The first kappa shape index (κ1) is 11.9. The van der Waals surface area contributed by atoms with Crippen LogP contribution in [0.15, 0.2) is 59.6 Å². The van der Waals surface area contributed by atoms with Crippen molar-refractivity contribution in [2.75, 3.05) is 0 Å². The highest BCUT2D eigenvalue weighted by Gasteiger charge is 2.12. The Kier molecular flexibility index (Phi) is 3.04. The molecule has 0 saturated heterocycles. The summed E-state index contributed by atoms with van der Waals surface area (Å²) in [5.41, 5.74) is 6.42. The number of hydrogen-bond donors (Lipinski definition) is 0. The molecule has 1 heterocycles. The molecule has 2 aromatic carbocycles. The van der Waals surface area contributed by atoms with Crippen LogP contribution in [0.2, 0.25) is 0 Å². The molecule has 1 nitrogen and oxygen atoms in total. The summed E-state index contributed by atoms with van der Waals surface area (Å²) in [6.07, 6.45) is 6.04. The Balaban J connectivity index is 2.06. The highest BCUT2D eigenvalue weighted by atomic mass is 14.8. The van der Waals surface area contributed by atoms with Crippen LogP contribution in [0.4, 0.5) is 0 Å². The maximum atomic E-state index is 4.48. The van der Waals surface area contributed by atoms with Crippen molar-refractivity contribution in [3.63, 3.8) is 0 Å². The molecule has 0 radical (unpaired) electrons. The summed E-state index contributed by atoms with van der Waals surface area (Å²) in [6, 6.07) is 15.5. The van der Waals surface area contributed by atoms with E-state index in [1.807, 2.05) is 12.3 Å². The molecule has 0 N–H and O–H groups in total. The Morgan fingerprint density at radius 1 is 0.947 bits per heavy atom. The summed E-state index contributed by atoms with van der Waals surface area (Å²) in [7, 11) is 0. The van der Waals surface area contributed by atoms with Crippen LogP contribution in [0.3, 0.4) is 0 Å². The fourth-order valence-corrected chi connectivity index (χ4v) is 2.49. The van der Waals surface area contributed by atoms with Crippen molar-refractivity contribution in [2.24, 2.45) is 4.99 Å². The van der Waals surface area contributed by atoms with Gasteiger partial charge in [-0.2, -0.15) is 0 Å². The number of hydrogen-bond acceptors (Lipinski definition) is 1. The van der Waals surface area contributed by atoms with Gasteiger partial charge < -0.3 is 0 Å². The fourth-order valence-electron chi connectivity index (χ4n) is 2.49. The summed E-state index contributed by atoms with van der Waals surface area (Å²) < 4.78 is 0. The van der Waals surface area contributed by atoms with Crippen molar-refractivity contribution in [2.45, 2.75) is 19.9 Å². The standard InChI is InChI=1S/C18H17N/c1-13-5-3-6-15(11-13)16-9-8-14(2)17(12-16)18-7-4-10-19-18/h3-12,18H,1-2H3. The largest absolute Gasteiger partial charge is 0.281 e. The Hall–Kier alpha value is -2.15. The fraction of sp³-hybridized carbons (Fsp3) is 0.167. The molecule has 1 unspecified atom stereocenters. The normalized spacial score (nSPS) is 17.1. The lowest BCUT2D eigenvalue weighted by Crippen LogP contribution is -1.94. The van der Waals surface area contributed by atoms with E-state index in [0.29, 0.717) is 0 Å². The van der Waals surface area contributed by atoms with Crippen LogP contribution in [0.5, 0.6) is 0 Å². The number of aryl methyl sites for hydroxylation is 2. The van der Waals surface area contributed by atoms with Gasteiger partial charge in [0.1, 0.15) is 0 Å². The zero-order valence-electron chi connectivity index (χ0n) is 11.3. The molecule has 0 fully saturated rings. The summed E-state index contributed by atoms with van der Waals surface area (Å²) in [5.74, 6) is 0. The molecule has 0 spiro atoms. The zero-order valence-corrected chi connectivity index (χ0v) is 11.3. The van der Waals surface area contributed by atoms with Crippen molar-refractivity contribution in [3.8, 4) is 11.1 Å². The molecule has 19 heavy (non-hydrogen) atoms. The molecule has 1 atom stereocenters. The molecule has 1 aliphatic heterocycles. The molecule has 0 aliphatic carbocycles. The van der Waals surface area contributed by atoms with Gasteiger partial charge in [0.15, 0.2) is 0 Å². The van der Waals surface area contributed by atoms with Gasteiger partial charge in [-0.1, -0.05) is 48.0 Å². The van der Waals surface area contributed by atoms with E-state index in [-0.39, 0.29) is 6.04 Å². The number of aliphatic imine (C=N–C) groups is 1. The van der Waals surface area contributed by atoms with E-state index in [1.54, 1.807) is 0 Å². The molecule has 3 rings (SSSR count). The first-order valence-corrected chi connectivity index (χ1v) is 6.61. The van der Waals surface area contributed by atoms with Crippen molar-refractivity contribution >= 4 is 6.21 Å². The van der Waals surface area contributed by atoms with Gasteiger partial charge >= 0.3 is 0 Å². The van der Waals surface area contributed by atoms with E-state index < -0.39 is 0 Å². The number of benzene rings is 2. The van der Waals surface area contributed by atoms with E-state index >= 15 is 0 Å². The summed E-state index contributed by atoms with van der Waals surface area (Å²) in [5, 5.41) is 0. The van der Waals surface area contributed by atoms with Crippen LogP contribution in [0, 0.1) is 13.8 Å². The summed E-state index contributed by atoms with van der Waals surface area (Å²) in [6.45, 7) is 4.28. The van der Waals surface area contributed by atoms with Crippen LogP contribution in [0.1, 0.15) is 22.7 Å². The number of allylic oxidation sites excluding steroid dienone is 1. The highest BCUT2D eigenvalue weighted by molar-refractivity contribution is 5.75. The Morgan fingerprint density at radius 2 is 1.79 bits per heavy atom. The van der Waals surface area contributed by atoms with Gasteiger partial charge in [-0.25, -0.2) is 0 Å². The molecular weight excluding hydrogens is 230 g/mol. The van der Waals surface area contributed by atoms with E-state index in [0.717, 1.165) is 0 Å². The predicted molar refractivity (Wildman–Crippen MR) is 81.7 cm³/mol. The Bertz CT molecular complexity index is 653. The zero-order chi connectivity index (χ0) is 13.2. The summed E-state index contributed by atoms with van der Waals surface area (Å²) in [4.78, 5) is 4.48. The molecule has 94 valence electrons. The minimum absolute atomic E-state index is 0.185. The minimum atomic E-state index is 0.185. The Labute approximate surface area is 114 Å². The molecular formula is C18H17N. The van der Waals surface area contributed by atoms with Gasteiger partial charge in [-0.05, 0) is 48.2 Å². The quantitative estimate of drug-likeness (QED) is 0.732. The van der Waals surface area contributed by atoms with Crippen molar-refractivity contribution in [1.82, 2.24) is 0 Å². The van der Waals surface area contributed by atoms with E-state index in [4.69, 9.17) is 0 Å². The van der Waals surface area contributed by atoms with Crippen LogP contribution >= 0.6 is 0 Å². The van der Waals surface area contributed by atoms with Crippen LogP contribution in [0.25, 0.3) is 11.1 Å². The first-order chi connectivity index (χ1) is 9.24. The minimum Gasteiger partial charge on any atom is -0.281 e. The topological polar surface area (TPSA) is 12.4 Å². The Morgan fingerprint density at radius 3 is 2.53 bits per heavy atom. The lowest BCUT2D eigenvalue weighted by molar-refractivity contribution is 0.923. The van der Waals surface area contributed by atoms with Gasteiger partial charge in [0.05, 0.1) is 6.04 Å². The van der Waals surface area contributed by atoms with Gasteiger partial charge in [-0.15, -0.1) is 0 Å². The highest BCUT2D eigenvalue weighted by Crippen LogP contribution is 2.30. The van der Waals surface area contributed by atoms with Crippen molar-refractivity contribution in [1.29, 1.82) is 0 Å². The third-order valence-corrected chi connectivity index (χ3v) is 3.58. The van der Waals surface area contributed by atoms with Gasteiger partial charge in [0, 0.05) is 6.21 Å². The monoisotopic (exact) mass is 247 g/mol. The SMILES string of the molecule is Cc1cccc(-c2ccc(C)c(C3C=CC=N3)c2)c1. The van der Waals surface area contributed by atoms with Crippen molar-refractivity contribution in [3.05, 3.63) is 71.3 Å². The van der Waals surface area contributed by atoms with Gasteiger partial charge in [0.2, 0.25) is 0 Å². The van der Waals surface area contributed by atoms with Gasteiger partial charge in [0.25, 0.3) is 0 Å². The third-order valence-electron chi connectivity index (χ3n) is 3.58. The van der Waals surface area contributed by atoms with Crippen LogP contribution in [-0.4, -0.2) is 6.21 Å². The lowest BCUT2D eigenvalue weighted by Gasteiger charge is -2.12. The molecule has 1 heteroatoms.